The van der Waals surface area contributed by atoms with Gasteiger partial charge in [-0.25, -0.2) is 4.98 Å². The number of carbonyl (C=O) groups is 1. The molecule has 3 rings (SSSR count). The molecule has 2 N–H and O–H groups in total. The quantitative estimate of drug-likeness (QED) is 0.379. The van der Waals surface area contributed by atoms with Crippen molar-refractivity contribution in [2.45, 2.75) is 26.7 Å². The topological polar surface area (TPSA) is 85.8 Å². The molecule has 2 aromatic rings. The minimum Gasteiger partial charge on any atom is -0.357 e. The Hall–Kier alpha value is -2.68. The molecular weight excluding hydrogens is 398 g/mol. The molecule has 1 aliphatic heterocycles. The van der Waals surface area contributed by atoms with Crippen LogP contribution in [-0.4, -0.2) is 71.9 Å². The number of amides is 1. The molecule has 1 amide bonds. The summed E-state index contributed by atoms with van der Waals surface area (Å²) < 4.78 is 4.39. The van der Waals surface area contributed by atoms with Gasteiger partial charge in [-0.05, 0) is 25.5 Å². The highest BCUT2D eigenvalue weighted by Crippen LogP contribution is 2.19. The summed E-state index contributed by atoms with van der Waals surface area (Å²) in [5, 5.41) is 7.36. The Morgan fingerprint density at radius 3 is 2.57 bits per heavy atom. The largest absolute Gasteiger partial charge is 0.357 e. The van der Waals surface area contributed by atoms with E-state index in [1.165, 1.54) is 11.5 Å². The first kappa shape index (κ1) is 22.0. The molecule has 30 heavy (non-hydrogen) atoms. The van der Waals surface area contributed by atoms with Crippen LogP contribution in [0.2, 0.25) is 0 Å². The van der Waals surface area contributed by atoms with Crippen LogP contribution in [0, 0.1) is 0 Å². The van der Waals surface area contributed by atoms with Gasteiger partial charge in [0.1, 0.15) is 5.82 Å². The van der Waals surface area contributed by atoms with Crippen molar-refractivity contribution in [2.75, 3.05) is 50.7 Å². The number of aliphatic imine (C=N–C) groups is 1. The molecule has 0 radical (unpaired) electrons. The molecule has 1 aromatic heterocycles. The normalized spacial score (nSPS) is 14.7. The second-order valence-electron chi connectivity index (χ2n) is 7.03. The molecule has 0 unspecified atom stereocenters. The molecule has 162 valence electrons. The second kappa shape index (κ2) is 11.5. The van der Waals surface area contributed by atoms with E-state index in [0.717, 1.165) is 62.5 Å². The van der Waals surface area contributed by atoms with E-state index in [0.29, 0.717) is 18.7 Å². The number of nitrogens with zero attached hydrogens (tertiary/aromatic N) is 5. The number of anilines is 1. The first-order valence-electron chi connectivity index (χ1n) is 10.6. The van der Waals surface area contributed by atoms with Gasteiger partial charge >= 0.3 is 0 Å². The van der Waals surface area contributed by atoms with Gasteiger partial charge in [0.25, 0.3) is 5.91 Å². The van der Waals surface area contributed by atoms with Crippen LogP contribution in [0.1, 0.15) is 36.5 Å². The molecule has 1 fully saturated rings. The number of nitrogens with one attached hydrogen (secondary N) is 2. The Bertz CT molecular complexity index is 816. The maximum atomic E-state index is 12.1. The maximum absolute atomic E-state index is 12.1. The van der Waals surface area contributed by atoms with E-state index in [-0.39, 0.29) is 5.91 Å². The monoisotopic (exact) mass is 429 g/mol. The molecular formula is C21H31N7OS. The summed E-state index contributed by atoms with van der Waals surface area (Å²) in [7, 11) is 0. The summed E-state index contributed by atoms with van der Waals surface area (Å²) in [6.45, 7) is 9.91. The van der Waals surface area contributed by atoms with Crippen LogP contribution in [0.4, 0.5) is 5.13 Å². The van der Waals surface area contributed by atoms with Crippen LogP contribution < -0.4 is 15.5 Å². The summed E-state index contributed by atoms with van der Waals surface area (Å²) >= 11 is 1.49. The highest BCUT2D eigenvalue weighted by Gasteiger charge is 2.21. The standard InChI is InChI=1S/C21H31N7OS/c1-3-18-25-21(30-26-18)28-15-13-27(14-16-28)20(22-4-2)24-12-8-11-23-19(29)17-9-6-5-7-10-17/h5-7,9-10H,3-4,8,11-16H2,1-2H3,(H,22,24)(H,23,29). The van der Waals surface area contributed by atoms with Crippen LogP contribution >= 0.6 is 11.5 Å². The number of piperazine rings is 1. The zero-order valence-corrected chi connectivity index (χ0v) is 18.6. The van der Waals surface area contributed by atoms with Gasteiger partial charge in [0.2, 0.25) is 5.13 Å². The molecule has 1 aliphatic rings. The lowest BCUT2D eigenvalue weighted by Crippen LogP contribution is -2.52. The van der Waals surface area contributed by atoms with Crippen LogP contribution in [0.3, 0.4) is 0 Å². The molecule has 8 nitrogen and oxygen atoms in total. The van der Waals surface area contributed by atoms with Gasteiger partial charge in [-0.2, -0.15) is 4.37 Å². The first-order valence-corrected chi connectivity index (χ1v) is 11.4. The van der Waals surface area contributed by atoms with Gasteiger partial charge in [-0.3, -0.25) is 9.79 Å². The van der Waals surface area contributed by atoms with E-state index in [1.807, 2.05) is 30.3 Å². The second-order valence-corrected chi connectivity index (χ2v) is 7.76. The Morgan fingerprint density at radius 2 is 1.90 bits per heavy atom. The number of aryl methyl sites for hydroxylation is 1. The number of benzene rings is 1. The number of aromatic nitrogens is 2. The van der Waals surface area contributed by atoms with Crippen molar-refractivity contribution >= 4 is 28.5 Å². The summed E-state index contributed by atoms with van der Waals surface area (Å²) in [5.74, 6) is 1.83. The van der Waals surface area contributed by atoms with E-state index in [2.05, 4.69) is 43.6 Å². The van der Waals surface area contributed by atoms with Crippen LogP contribution in [0.15, 0.2) is 35.3 Å². The minimum absolute atomic E-state index is 0.0366. The Kier molecular flexibility index (Phi) is 8.43. The fraction of sp³-hybridized carbons (Fsp3) is 0.524. The molecule has 2 heterocycles. The third-order valence-electron chi connectivity index (χ3n) is 4.88. The lowest BCUT2D eigenvalue weighted by Gasteiger charge is -2.36. The number of rotatable bonds is 8. The summed E-state index contributed by atoms with van der Waals surface area (Å²) in [4.78, 5) is 26.0. The fourth-order valence-electron chi connectivity index (χ4n) is 3.21. The average Bonchev–Trinajstić information content (AvgIpc) is 3.28. The molecule has 0 aliphatic carbocycles. The van der Waals surface area contributed by atoms with Crippen molar-refractivity contribution in [1.82, 2.24) is 24.9 Å². The van der Waals surface area contributed by atoms with E-state index in [4.69, 9.17) is 4.99 Å². The van der Waals surface area contributed by atoms with Crippen molar-refractivity contribution in [1.29, 1.82) is 0 Å². The fourth-order valence-corrected chi connectivity index (χ4v) is 4.01. The van der Waals surface area contributed by atoms with Crippen LogP contribution in [0.5, 0.6) is 0 Å². The molecule has 1 aromatic carbocycles. The Labute approximate surface area is 182 Å². The average molecular weight is 430 g/mol. The number of carbonyl (C=O) groups excluding carboxylic acids is 1. The van der Waals surface area contributed by atoms with Gasteiger partial charge in [-0.15, -0.1) is 0 Å². The van der Waals surface area contributed by atoms with Crippen molar-refractivity contribution in [3.8, 4) is 0 Å². The third-order valence-corrected chi connectivity index (χ3v) is 5.69. The lowest BCUT2D eigenvalue weighted by molar-refractivity contribution is 0.0953. The van der Waals surface area contributed by atoms with Gasteiger partial charge in [0.15, 0.2) is 5.96 Å². The SMILES string of the molecule is CCNC(=NCCCNC(=O)c1ccccc1)N1CCN(c2nc(CC)ns2)CC1. The lowest BCUT2D eigenvalue weighted by atomic mass is 10.2. The Morgan fingerprint density at radius 1 is 1.13 bits per heavy atom. The van der Waals surface area contributed by atoms with Crippen molar-refractivity contribution in [3.05, 3.63) is 41.7 Å². The molecule has 0 atom stereocenters. The molecule has 0 spiro atoms. The highest BCUT2D eigenvalue weighted by molar-refractivity contribution is 7.09. The number of guanidine groups is 1. The van der Waals surface area contributed by atoms with E-state index in [9.17, 15) is 4.79 Å². The summed E-state index contributed by atoms with van der Waals surface area (Å²) in [6, 6.07) is 9.29. The van der Waals surface area contributed by atoms with Gasteiger partial charge in [0, 0.05) is 69.3 Å². The first-order chi connectivity index (χ1) is 14.7. The van der Waals surface area contributed by atoms with E-state index >= 15 is 0 Å². The molecule has 9 heteroatoms. The maximum Gasteiger partial charge on any atom is 0.251 e. The zero-order chi connectivity index (χ0) is 21.2. The minimum atomic E-state index is -0.0366. The summed E-state index contributed by atoms with van der Waals surface area (Å²) in [5.41, 5.74) is 0.689. The molecule has 0 saturated carbocycles. The van der Waals surface area contributed by atoms with E-state index < -0.39 is 0 Å². The Balaban J connectivity index is 1.43. The van der Waals surface area contributed by atoms with Crippen molar-refractivity contribution in [3.63, 3.8) is 0 Å². The zero-order valence-electron chi connectivity index (χ0n) is 17.8. The molecule has 1 saturated heterocycles. The third kappa shape index (κ3) is 6.16. The van der Waals surface area contributed by atoms with E-state index in [1.54, 1.807) is 0 Å². The predicted octanol–water partition coefficient (Wildman–Crippen LogP) is 2.01. The van der Waals surface area contributed by atoms with Crippen molar-refractivity contribution < 1.29 is 4.79 Å². The van der Waals surface area contributed by atoms with Gasteiger partial charge < -0.3 is 20.4 Å². The van der Waals surface area contributed by atoms with Crippen LogP contribution in [-0.2, 0) is 6.42 Å². The summed E-state index contributed by atoms with van der Waals surface area (Å²) in [6.07, 6.45) is 1.68. The number of hydrogen-bond donors (Lipinski definition) is 2. The number of hydrogen-bond acceptors (Lipinski definition) is 6. The van der Waals surface area contributed by atoms with Crippen molar-refractivity contribution in [2.24, 2.45) is 4.99 Å². The van der Waals surface area contributed by atoms with Gasteiger partial charge in [0.05, 0.1) is 0 Å². The predicted molar refractivity (Wildman–Crippen MR) is 122 cm³/mol. The highest BCUT2D eigenvalue weighted by atomic mass is 32.1. The molecule has 0 bridgehead atoms. The smallest absolute Gasteiger partial charge is 0.251 e. The van der Waals surface area contributed by atoms with Crippen LogP contribution in [0.25, 0.3) is 0 Å². The van der Waals surface area contributed by atoms with Gasteiger partial charge in [-0.1, -0.05) is 25.1 Å².